The van der Waals surface area contributed by atoms with Crippen LogP contribution < -0.4 is 25.1 Å². The van der Waals surface area contributed by atoms with Crippen LogP contribution in [0.25, 0.3) is 0 Å². The zero-order valence-corrected chi connectivity index (χ0v) is 17.1. The Morgan fingerprint density at radius 2 is 1.83 bits per heavy atom. The minimum atomic E-state index is -0.484. The summed E-state index contributed by atoms with van der Waals surface area (Å²) in [5, 5.41) is 0. The van der Waals surface area contributed by atoms with Crippen LogP contribution in [0.5, 0.6) is 17.2 Å². The number of para-hydroxylation sites is 1. The standard InChI is InChI=1S/C22H26N2O6/c1-3-28-19-11-10-15(13-20(19)27-2)21(25)23-24-22(26)17-8-4-5-9-18(17)30-14-16-7-6-12-29-16/h4-5,8-11,13,16H,3,6-7,12,14H2,1-2H3,(H,23,25)(H,24,26). The minimum absolute atomic E-state index is 0.0375. The molecule has 0 aromatic heterocycles. The molecule has 8 heteroatoms. The lowest BCUT2D eigenvalue weighted by molar-refractivity contribution is 0.0669. The molecule has 2 aromatic rings. The Morgan fingerprint density at radius 1 is 1.03 bits per heavy atom. The Balaban J connectivity index is 1.60. The average Bonchev–Trinajstić information content (AvgIpc) is 3.30. The van der Waals surface area contributed by atoms with E-state index >= 15 is 0 Å². The van der Waals surface area contributed by atoms with Gasteiger partial charge in [-0.05, 0) is 50.1 Å². The van der Waals surface area contributed by atoms with Crippen LogP contribution >= 0.6 is 0 Å². The van der Waals surface area contributed by atoms with Gasteiger partial charge in [-0.3, -0.25) is 20.4 Å². The molecular formula is C22H26N2O6. The van der Waals surface area contributed by atoms with Crippen LogP contribution in [0.2, 0.25) is 0 Å². The Kier molecular flexibility index (Phi) is 7.51. The molecule has 8 nitrogen and oxygen atoms in total. The predicted octanol–water partition coefficient (Wildman–Crippen LogP) is 2.73. The number of nitrogens with one attached hydrogen (secondary N) is 2. The van der Waals surface area contributed by atoms with Crippen molar-refractivity contribution in [3.8, 4) is 17.2 Å². The van der Waals surface area contributed by atoms with Gasteiger partial charge in [0.1, 0.15) is 12.4 Å². The molecule has 1 fully saturated rings. The van der Waals surface area contributed by atoms with Gasteiger partial charge >= 0.3 is 0 Å². The number of carbonyl (C=O) groups is 2. The Labute approximate surface area is 175 Å². The average molecular weight is 414 g/mol. The largest absolute Gasteiger partial charge is 0.493 e. The van der Waals surface area contributed by atoms with Crippen molar-refractivity contribution in [2.75, 3.05) is 26.9 Å². The first kappa shape index (κ1) is 21.4. The Bertz CT molecular complexity index is 880. The van der Waals surface area contributed by atoms with Gasteiger partial charge in [0.2, 0.25) is 0 Å². The van der Waals surface area contributed by atoms with Gasteiger partial charge in [0.25, 0.3) is 11.8 Å². The molecule has 0 aliphatic carbocycles. The number of hydrazine groups is 1. The van der Waals surface area contributed by atoms with E-state index in [-0.39, 0.29) is 6.10 Å². The van der Waals surface area contributed by atoms with Crippen molar-refractivity contribution in [3.63, 3.8) is 0 Å². The molecule has 1 atom stereocenters. The molecule has 1 aliphatic rings. The lowest BCUT2D eigenvalue weighted by Gasteiger charge is -2.15. The highest BCUT2D eigenvalue weighted by molar-refractivity contribution is 6.00. The fraction of sp³-hybridized carbons (Fsp3) is 0.364. The SMILES string of the molecule is CCOc1ccc(C(=O)NNC(=O)c2ccccc2OCC2CCCO2)cc1OC. The molecular weight excluding hydrogens is 388 g/mol. The molecule has 0 saturated carbocycles. The Hall–Kier alpha value is -3.26. The number of carbonyl (C=O) groups excluding carboxylic acids is 2. The van der Waals surface area contributed by atoms with Gasteiger partial charge in [-0.15, -0.1) is 0 Å². The first-order valence-corrected chi connectivity index (χ1v) is 9.87. The molecule has 2 amide bonds. The number of rotatable bonds is 8. The second kappa shape index (κ2) is 10.5. The molecule has 1 unspecified atom stereocenters. The minimum Gasteiger partial charge on any atom is -0.493 e. The summed E-state index contributed by atoms with van der Waals surface area (Å²) in [6, 6.07) is 11.6. The van der Waals surface area contributed by atoms with Crippen LogP contribution in [-0.2, 0) is 4.74 Å². The molecule has 2 N–H and O–H groups in total. The van der Waals surface area contributed by atoms with E-state index in [1.54, 1.807) is 42.5 Å². The summed E-state index contributed by atoms with van der Waals surface area (Å²) in [6.07, 6.45) is 1.99. The second-order valence-electron chi connectivity index (χ2n) is 6.65. The molecule has 0 bridgehead atoms. The summed E-state index contributed by atoms with van der Waals surface area (Å²) in [4.78, 5) is 25.0. The van der Waals surface area contributed by atoms with Crippen molar-refractivity contribution in [2.45, 2.75) is 25.9 Å². The molecule has 0 radical (unpaired) electrons. The fourth-order valence-corrected chi connectivity index (χ4v) is 3.08. The zero-order chi connectivity index (χ0) is 21.3. The van der Waals surface area contributed by atoms with E-state index in [1.807, 2.05) is 6.92 Å². The third-order valence-corrected chi connectivity index (χ3v) is 4.60. The van der Waals surface area contributed by atoms with Gasteiger partial charge in [-0.2, -0.15) is 0 Å². The first-order valence-electron chi connectivity index (χ1n) is 9.87. The van der Waals surface area contributed by atoms with Crippen LogP contribution in [0.1, 0.15) is 40.5 Å². The maximum Gasteiger partial charge on any atom is 0.273 e. The zero-order valence-electron chi connectivity index (χ0n) is 17.1. The number of hydrogen-bond donors (Lipinski definition) is 2. The number of amides is 2. The smallest absolute Gasteiger partial charge is 0.273 e. The number of hydrogen-bond acceptors (Lipinski definition) is 6. The molecule has 2 aromatic carbocycles. The summed E-state index contributed by atoms with van der Waals surface area (Å²) in [5.41, 5.74) is 5.47. The highest BCUT2D eigenvalue weighted by Gasteiger charge is 2.19. The van der Waals surface area contributed by atoms with Gasteiger partial charge in [0.05, 0.1) is 25.4 Å². The van der Waals surface area contributed by atoms with Crippen LogP contribution in [0.15, 0.2) is 42.5 Å². The van der Waals surface area contributed by atoms with Gasteiger partial charge < -0.3 is 18.9 Å². The fourth-order valence-electron chi connectivity index (χ4n) is 3.08. The van der Waals surface area contributed by atoms with Crippen LogP contribution in [0.4, 0.5) is 0 Å². The van der Waals surface area contributed by atoms with E-state index < -0.39 is 11.8 Å². The molecule has 0 spiro atoms. The van der Waals surface area contributed by atoms with Crippen molar-refractivity contribution >= 4 is 11.8 Å². The summed E-state index contributed by atoms with van der Waals surface area (Å²) in [7, 11) is 1.49. The van der Waals surface area contributed by atoms with Crippen LogP contribution in [-0.4, -0.2) is 44.8 Å². The summed E-state index contributed by atoms with van der Waals surface area (Å²) in [6.45, 7) is 3.45. The number of ether oxygens (including phenoxy) is 4. The van der Waals surface area contributed by atoms with E-state index in [0.717, 1.165) is 19.4 Å². The molecule has 30 heavy (non-hydrogen) atoms. The highest BCUT2D eigenvalue weighted by atomic mass is 16.5. The maximum absolute atomic E-state index is 12.6. The number of methoxy groups -OCH3 is 1. The van der Waals surface area contributed by atoms with Crippen molar-refractivity contribution in [1.29, 1.82) is 0 Å². The third-order valence-electron chi connectivity index (χ3n) is 4.60. The van der Waals surface area contributed by atoms with E-state index in [4.69, 9.17) is 18.9 Å². The van der Waals surface area contributed by atoms with Crippen molar-refractivity contribution in [3.05, 3.63) is 53.6 Å². The quantitative estimate of drug-likeness (QED) is 0.645. The van der Waals surface area contributed by atoms with Gasteiger partial charge in [0.15, 0.2) is 11.5 Å². The monoisotopic (exact) mass is 414 g/mol. The van der Waals surface area contributed by atoms with Crippen molar-refractivity contribution in [2.24, 2.45) is 0 Å². The van der Waals surface area contributed by atoms with Crippen LogP contribution in [0.3, 0.4) is 0 Å². The summed E-state index contributed by atoms with van der Waals surface area (Å²) in [5.74, 6) is 0.440. The normalized spacial score (nSPS) is 15.3. The molecule has 160 valence electrons. The maximum atomic E-state index is 12.6. The molecule has 1 aliphatic heterocycles. The molecule has 1 heterocycles. The predicted molar refractivity (Wildman–Crippen MR) is 110 cm³/mol. The van der Waals surface area contributed by atoms with Crippen LogP contribution in [0, 0.1) is 0 Å². The second-order valence-corrected chi connectivity index (χ2v) is 6.65. The topological polar surface area (TPSA) is 95.1 Å². The van der Waals surface area contributed by atoms with Crippen molar-refractivity contribution in [1.82, 2.24) is 10.9 Å². The van der Waals surface area contributed by atoms with E-state index in [9.17, 15) is 9.59 Å². The van der Waals surface area contributed by atoms with Gasteiger partial charge in [-0.1, -0.05) is 12.1 Å². The Morgan fingerprint density at radius 3 is 2.57 bits per heavy atom. The van der Waals surface area contributed by atoms with E-state index in [0.29, 0.717) is 41.6 Å². The van der Waals surface area contributed by atoms with E-state index in [2.05, 4.69) is 10.9 Å². The van der Waals surface area contributed by atoms with E-state index in [1.165, 1.54) is 7.11 Å². The lowest BCUT2D eigenvalue weighted by atomic mass is 10.2. The molecule has 3 rings (SSSR count). The number of benzene rings is 2. The summed E-state index contributed by atoms with van der Waals surface area (Å²) >= 11 is 0. The van der Waals surface area contributed by atoms with Gasteiger partial charge in [0, 0.05) is 12.2 Å². The highest BCUT2D eigenvalue weighted by Crippen LogP contribution is 2.28. The summed E-state index contributed by atoms with van der Waals surface area (Å²) < 4.78 is 22.0. The van der Waals surface area contributed by atoms with Crippen molar-refractivity contribution < 1.29 is 28.5 Å². The third kappa shape index (κ3) is 5.42. The first-order chi connectivity index (χ1) is 14.6. The lowest BCUT2D eigenvalue weighted by Crippen LogP contribution is -2.41. The van der Waals surface area contributed by atoms with Gasteiger partial charge in [-0.25, -0.2) is 0 Å². The molecule has 1 saturated heterocycles.